The summed E-state index contributed by atoms with van der Waals surface area (Å²) in [6.07, 6.45) is 0.518. The van der Waals surface area contributed by atoms with Crippen LogP contribution in [-0.4, -0.2) is 24.9 Å². The lowest BCUT2D eigenvalue weighted by Gasteiger charge is -2.63. The van der Waals surface area contributed by atoms with E-state index in [0.717, 1.165) is 23.4 Å². The molecule has 1 saturated carbocycles. The van der Waals surface area contributed by atoms with Crippen molar-refractivity contribution in [3.05, 3.63) is 60.2 Å². The summed E-state index contributed by atoms with van der Waals surface area (Å²) in [5.41, 5.74) is 1.37. The maximum atomic E-state index is 12.4. The number of nitrogens with one attached hydrogen (secondary N) is 1. The van der Waals surface area contributed by atoms with Crippen molar-refractivity contribution in [2.75, 3.05) is 18.5 Å². The van der Waals surface area contributed by atoms with Crippen molar-refractivity contribution in [2.24, 2.45) is 23.2 Å². The molecule has 1 aliphatic carbocycles. The molecule has 0 radical (unpaired) electrons. The summed E-state index contributed by atoms with van der Waals surface area (Å²) in [7, 11) is 0. The van der Waals surface area contributed by atoms with Crippen molar-refractivity contribution in [2.45, 2.75) is 38.9 Å². The van der Waals surface area contributed by atoms with E-state index in [9.17, 15) is 4.79 Å². The molecule has 5 rings (SSSR count). The highest BCUT2D eigenvalue weighted by molar-refractivity contribution is 5.84. The predicted molar refractivity (Wildman–Crippen MR) is 114 cm³/mol. The monoisotopic (exact) mass is 407 g/mol. The van der Waals surface area contributed by atoms with Gasteiger partial charge in [0.05, 0.1) is 12.7 Å². The van der Waals surface area contributed by atoms with E-state index in [0.29, 0.717) is 25.0 Å². The van der Waals surface area contributed by atoms with Crippen molar-refractivity contribution in [3.63, 3.8) is 0 Å². The first-order valence-corrected chi connectivity index (χ1v) is 10.8. The van der Waals surface area contributed by atoms with Gasteiger partial charge in [-0.2, -0.15) is 0 Å². The standard InChI is InChI=1S/C25H29NO4/c1-16-13-24(3)21-17(2)25(16,15-29-23(27)26-18-9-5-4-6-10-18)14-28-22(21)19-11-7-8-12-20(19)30-24/h4-12,16-17,21-22H,13-15H2,1-3H3,(H,26,27)/t16-,17+,21+,22+,24-,25+/m1/s1. The summed E-state index contributed by atoms with van der Waals surface area (Å²) >= 11 is 0. The zero-order chi connectivity index (χ0) is 20.9. The molecule has 5 heteroatoms. The molecule has 1 amide bonds. The van der Waals surface area contributed by atoms with E-state index in [-0.39, 0.29) is 23.0 Å². The van der Waals surface area contributed by atoms with Gasteiger partial charge in [-0.25, -0.2) is 4.79 Å². The third kappa shape index (κ3) is 2.90. The molecule has 0 spiro atoms. The first-order chi connectivity index (χ1) is 14.4. The van der Waals surface area contributed by atoms with Crippen molar-refractivity contribution < 1.29 is 19.0 Å². The Morgan fingerprint density at radius 1 is 1.13 bits per heavy atom. The second-order valence-corrected chi connectivity index (χ2v) is 9.40. The Morgan fingerprint density at radius 2 is 1.87 bits per heavy atom. The highest BCUT2D eigenvalue weighted by Crippen LogP contribution is 2.63. The van der Waals surface area contributed by atoms with E-state index < -0.39 is 6.09 Å². The van der Waals surface area contributed by atoms with Gasteiger partial charge in [0, 0.05) is 22.6 Å². The normalized spacial score (nSPS) is 36.2. The minimum atomic E-state index is -0.421. The van der Waals surface area contributed by atoms with Crippen LogP contribution in [-0.2, 0) is 9.47 Å². The molecule has 0 aromatic heterocycles. The van der Waals surface area contributed by atoms with Gasteiger partial charge < -0.3 is 14.2 Å². The molecule has 30 heavy (non-hydrogen) atoms. The lowest BCUT2D eigenvalue weighted by Crippen LogP contribution is -2.66. The number of ether oxygens (including phenoxy) is 3. The number of anilines is 1. The first kappa shape index (κ1) is 19.4. The Morgan fingerprint density at radius 3 is 2.67 bits per heavy atom. The third-order valence-corrected chi connectivity index (χ3v) is 7.76. The van der Waals surface area contributed by atoms with Crippen LogP contribution in [0.1, 0.15) is 38.9 Å². The van der Waals surface area contributed by atoms with Crippen molar-refractivity contribution in [1.82, 2.24) is 0 Å². The van der Waals surface area contributed by atoms with Crippen molar-refractivity contribution >= 4 is 11.8 Å². The zero-order valence-corrected chi connectivity index (χ0v) is 17.8. The Kier molecular flexibility index (Phi) is 4.55. The van der Waals surface area contributed by atoms with Crippen LogP contribution in [0.3, 0.4) is 0 Å². The topological polar surface area (TPSA) is 56.8 Å². The first-order valence-electron chi connectivity index (χ1n) is 10.8. The summed E-state index contributed by atoms with van der Waals surface area (Å²) in [6, 6.07) is 17.6. The van der Waals surface area contributed by atoms with E-state index >= 15 is 0 Å². The fraction of sp³-hybridized carbons (Fsp3) is 0.480. The number of rotatable bonds is 3. The van der Waals surface area contributed by atoms with Crippen LogP contribution < -0.4 is 10.1 Å². The van der Waals surface area contributed by atoms with Crippen LogP contribution >= 0.6 is 0 Å². The molecule has 2 aromatic rings. The van der Waals surface area contributed by atoms with Crippen LogP contribution in [0.4, 0.5) is 10.5 Å². The van der Waals surface area contributed by atoms with Crippen molar-refractivity contribution in [1.29, 1.82) is 0 Å². The molecule has 0 unspecified atom stereocenters. The summed E-state index contributed by atoms with van der Waals surface area (Å²) in [5, 5.41) is 2.82. The average molecular weight is 408 g/mol. The number of fused-ring (bicyclic) bond motifs is 3. The van der Waals surface area contributed by atoms with Crippen LogP contribution in [0.5, 0.6) is 5.75 Å². The van der Waals surface area contributed by atoms with E-state index in [1.165, 1.54) is 0 Å². The van der Waals surface area contributed by atoms with Gasteiger partial charge in [0.1, 0.15) is 18.0 Å². The number of hydrogen-bond acceptors (Lipinski definition) is 4. The summed E-state index contributed by atoms with van der Waals surface area (Å²) in [5.74, 6) is 1.75. The lowest BCUT2D eigenvalue weighted by atomic mass is 9.50. The molecular weight excluding hydrogens is 378 g/mol. The molecule has 2 heterocycles. The molecule has 2 aliphatic heterocycles. The Bertz CT molecular complexity index is 947. The van der Waals surface area contributed by atoms with E-state index in [1.54, 1.807) is 0 Å². The Hall–Kier alpha value is -2.53. The molecule has 1 N–H and O–H groups in total. The molecule has 2 bridgehead atoms. The molecule has 3 aliphatic rings. The number of carbonyl (C=O) groups is 1. The molecule has 1 saturated heterocycles. The molecule has 158 valence electrons. The maximum absolute atomic E-state index is 12.4. The molecule has 2 aromatic carbocycles. The predicted octanol–water partition coefficient (Wildman–Crippen LogP) is 5.44. The molecule has 5 nitrogen and oxygen atoms in total. The van der Waals surface area contributed by atoms with Gasteiger partial charge in [-0.05, 0) is 43.4 Å². The van der Waals surface area contributed by atoms with Crippen LogP contribution in [0.2, 0.25) is 0 Å². The summed E-state index contributed by atoms with van der Waals surface area (Å²) < 4.78 is 18.8. The lowest BCUT2D eigenvalue weighted by molar-refractivity contribution is -0.259. The van der Waals surface area contributed by atoms with E-state index in [2.05, 4.69) is 32.2 Å². The fourth-order valence-electron chi connectivity index (χ4n) is 6.13. The summed E-state index contributed by atoms with van der Waals surface area (Å²) in [6.45, 7) is 7.66. The van der Waals surface area contributed by atoms with Gasteiger partial charge in [0.2, 0.25) is 0 Å². The minimum absolute atomic E-state index is 0.0220. The molecule has 6 atom stereocenters. The second-order valence-electron chi connectivity index (χ2n) is 9.40. The van der Waals surface area contributed by atoms with Crippen LogP contribution in [0.25, 0.3) is 0 Å². The molecular formula is C25H29NO4. The van der Waals surface area contributed by atoms with Gasteiger partial charge in [-0.1, -0.05) is 50.2 Å². The number of carbonyl (C=O) groups excluding carboxylic acids is 1. The smallest absolute Gasteiger partial charge is 0.411 e. The maximum Gasteiger partial charge on any atom is 0.411 e. The highest BCUT2D eigenvalue weighted by atomic mass is 16.6. The number of para-hydroxylation sites is 2. The van der Waals surface area contributed by atoms with Crippen LogP contribution in [0, 0.1) is 23.2 Å². The van der Waals surface area contributed by atoms with E-state index in [4.69, 9.17) is 14.2 Å². The average Bonchev–Trinajstić information content (AvgIpc) is 2.73. The van der Waals surface area contributed by atoms with E-state index in [1.807, 2.05) is 48.5 Å². The number of benzene rings is 2. The molecule has 2 fully saturated rings. The Labute approximate surface area is 177 Å². The van der Waals surface area contributed by atoms with Gasteiger partial charge in [0.25, 0.3) is 0 Å². The largest absolute Gasteiger partial charge is 0.487 e. The highest BCUT2D eigenvalue weighted by Gasteiger charge is 2.64. The van der Waals surface area contributed by atoms with Gasteiger partial charge >= 0.3 is 6.09 Å². The quantitative estimate of drug-likeness (QED) is 0.736. The Balaban J connectivity index is 1.38. The SMILES string of the molecule is C[C@@H]1C[C@@]2(C)Oc3ccccc3[C@@H]3OC[C@@]1(COC(=O)Nc1ccccc1)[C@@H](C)[C@@H]32. The second kappa shape index (κ2) is 7.02. The van der Waals surface area contributed by atoms with Gasteiger partial charge in [-0.15, -0.1) is 0 Å². The van der Waals surface area contributed by atoms with Crippen LogP contribution in [0.15, 0.2) is 54.6 Å². The van der Waals surface area contributed by atoms with Gasteiger partial charge in [-0.3, -0.25) is 5.32 Å². The number of amides is 1. The minimum Gasteiger partial charge on any atom is -0.487 e. The number of hydrogen-bond donors (Lipinski definition) is 1. The van der Waals surface area contributed by atoms with Crippen molar-refractivity contribution in [3.8, 4) is 5.75 Å². The van der Waals surface area contributed by atoms with Gasteiger partial charge in [0.15, 0.2) is 0 Å². The zero-order valence-electron chi connectivity index (χ0n) is 17.8. The fourth-order valence-corrected chi connectivity index (χ4v) is 6.13. The third-order valence-electron chi connectivity index (χ3n) is 7.76. The summed E-state index contributed by atoms with van der Waals surface area (Å²) in [4.78, 5) is 12.4.